The fourth-order valence-corrected chi connectivity index (χ4v) is 2.39. The Hall–Kier alpha value is -1.49. The van der Waals surface area contributed by atoms with Gasteiger partial charge in [-0.2, -0.15) is 5.10 Å². The minimum atomic E-state index is -0.305. The van der Waals surface area contributed by atoms with E-state index in [1.165, 1.54) is 12.1 Å². The summed E-state index contributed by atoms with van der Waals surface area (Å²) in [5, 5.41) is 4.45. The largest absolute Gasteiger partial charge is 0.398 e. The molecule has 0 unspecified atom stereocenters. The highest BCUT2D eigenvalue weighted by molar-refractivity contribution is 7.98. The number of halogens is 1. The third kappa shape index (κ3) is 3.04. The van der Waals surface area contributed by atoms with Crippen molar-refractivity contribution in [2.24, 2.45) is 0 Å². The lowest BCUT2D eigenvalue weighted by Gasteiger charge is -2.05. The van der Waals surface area contributed by atoms with E-state index in [9.17, 15) is 4.39 Å². The molecule has 1 heterocycles. The summed E-state index contributed by atoms with van der Waals surface area (Å²) in [7, 11) is 0. The maximum absolute atomic E-state index is 12.9. The molecule has 0 aliphatic carbocycles. The van der Waals surface area contributed by atoms with Gasteiger partial charge in [-0.3, -0.25) is 4.68 Å². The van der Waals surface area contributed by atoms with Crippen LogP contribution in [-0.2, 0) is 5.75 Å². The molecule has 0 radical (unpaired) electrons. The van der Waals surface area contributed by atoms with Crippen molar-refractivity contribution in [3.63, 3.8) is 0 Å². The number of anilines is 1. The lowest BCUT2D eigenvalue weighted by Crippen LogP contribution is -2.01. The molecule has 3 nitrogen and oxygen atoms in total. The highest BCUT2D eigenvalue weighted by Gasteiger charge is 2.05. The Morgan fingerprint density at radius 2 is 2.17 bits per heavy atom. The Labute approximate surface area is 110 Å². The summed E-state index contributed by atoms with van der Waals surface area (Å²) in [6, 6.07) is 6.82. The number of hydrogen-bond acceptors (Lipinski definition) is 3. The predicted molar refractivity (Wildman–Crippen MR) is 73.0 cm³/mol. The van der Waals surface area contributed by atoms with Gasteiger partial charge >= 0.3 is 0 Å². The first-order chi connectivity index (χ1) is 8.56. The maximum atomic E-state index is 12.9. The molecule has 96 valence electrons. The number of aromatic nitrogens is 2. The molecule has 1 aromatic carbocycles. The maximum Gasteiger partial charge on any atom is 0.125 e. The summed E-state index contributed by atoms with van der Waals surface area (Å²) in [5.41, 5.74) is 7.23. The van der Waals surface area contributed by atoms with E-state index in [0.29, 0.717) is 11.7 Å². The molecule has 0 bridgehead atoms. The molecule has 0 saturated carbocycles. The Morgan fingerprint density at radius 3 is 2.78 bits per heavy atom. The average molecular weight is 265 g/mol. The van der Waals surface area contributed by atoms with Gasteiger partial charge in [0.2, 0.25) is 0 Å². The smallest absolute Gasteiger partial charge is 0.125 e. The van der Waals surface area contributed by atoms with Crippen molar-refractivity contribution in [3.8, 4) is 0 Å². The monoisotopic (exact) mass is 265 g/mol. The molecule has 0 aliphatic rings. The van der Waals surface area contributed by atoms with Gasteiger partial charge in [0.1, 0.15) is 5.82 Å². The van der Waals surface area contributed by atoms with Gasteiger partial charge in [-0.25, -0.2) is 4.39 Å². The van der Waals surface area contributed by atoms with Crippen LogP contribution in [0.4, 0.5) is 10.1 Å². The first-order valence-corrected chi connectivity index (χ1v) is 6.76. The van der Waals surface area contributed by atoms with Crippen molar-refractivity contribution in [1.29, 1.82) is 0 Å². The lowest BCUT2D eigenvalue weighted by molar-refractivity contribution is 0.529. The van der Waals surface area contributed by atoms with Crippen LogP contribution in [0.15, 0.2) is 35.4 Å². The predicted octanol–water partition coefficient (Wildman–Crippen LogP) is 3.48. The highest BCUT2D eigenvalue weighted by Crippen LogP contribution is 2.28. The zero-order chi connectivity index (χ0) is 13.1. The molecule has 0 amide bonds. The van der Waals surface area contributed by atoms with Gasteiger partial charge in [0, 0.05) is 28.6 Å². The Kier molecular flexibility index (Phi) is 3.91. The van der Waals surface area contributed by atoms with Crippen molar-refractivity contribution in [2.75, 3.05) is 5.73 Å². The van der Waals surface area contributed by atoms with E-state index in [1.807, 2.05) is 16.9 Å². The van der Waals surface area contributed by atoms with Crippen LogP contribution >= 0.6 is 11.8 Å². The molecule has 0 aliphatic heterocycles. The summed E-state index contributed by atoms with van der Waals surface area (Å²) in [6.07, 6.45) is 1.97. The molecule has 0 fully saturated rings. The van der Waals surface area contributed by atoms with E-state index < -0.39 is 0 Å². The molecule has 2 rings (SSSR count). The summed E-state index contributed by atoms with van der Waals surface area (Å²) in [4.78, 5) is 0.885. The fourth-order valence-electron chi connectivity index (χ4n) is 1.54. The van der Waals surface area contributed by atoms with Crippen LogP contribution in [-0.4, -0.2) is 9.78 Å². The van der Waals surface area contributed by atoms with E-state index in [4.69, 9.17) is 5.73 Å². The van der Waals surface area contributed by atoms with Crippen LogP contribution in [0.2, 0.25) is 0 Å². The normalized spacial score (nSPS) is 11.1. The zero-order valence-corrected chi connectivity index (χ0v) is 11.2. The van der Waals surface area contributed by atoms with Gasteiger partial charge in [-0.05, 0) is 38.1 Å². The zero-order valence-electron chi connectivity index (χ0n) is 10.4. The second-order valence-electron chi connectivity index (χ2n) is 4.35. The van der Waals surface area contributed by atoms with E-state index in [1.54, 1.807) is 17.8 Å². The first kappa shape index (κ1) is 13.0. The van der Waals surface area contributed by atoms with Crippen molar-refractivity contribution in [2.45, 2.75) is 30.5 Å². The molecular weight excluding hydrogens is 249 g/mol. The number of rotatable bonds is 4. The summed E-state index contributed by atoms with van der Waals surface area (Å²) < 4.78 is 14.8. The topological polar surface area (TPSA) is 43.8 Å². The van der Waals surface area contributed by atoms with Crippen molar-refractivity contribution >= 4 is 17.4 Å². The Balaban J connectivity index is 2.02. The quantitative estimate of drug-likeness (QED) is 0.680. The van der Waals surface area contributed by atoms with Gasteiger partial charge in [-0.15, -0.1) is 11.8 Å². The molecule has 0 spiro atoms. The van der Waals surface area contributed by atoms with E-state index >= 15 is 0 Å². The van der Waals surface area contributed by atoms with Crippen LogP contribution in [0.25, 0.3) is 0 Å². The fraction of sp³-hybridized carbons (Fsp3) is 0.308. The summed E-state index contributed by atoms with van der Waals surface area (Å²) >= 11 is 1.57. The number of nitrogens with two attached hydrogens (primary N) is 1. The molecule has 2 N–H and O–H groups in total. The first-order valence-electron chi connectivity index (χ1n) is 5.78. The van der Waals surface area contributed by atoms with Crippen LogP contribution < -0.4 is 5.73 Å². The van der Waals surface area contributed by atoms with Gasteiger partial charge in [-0.1, -0.05) is 0 Å². The number of nitrogen functional groups attached to an aromatic ring is 1. The van der Waals surface area contributed by atoms with E-state index in [-0.39, 0.29) is 5.82 Å². The molecule has 18 heavy (non-hydrogen) atoms. The second-order valence-corrected chi connectivity index (χ2v) is 5.37. The van der Waals surface area contributed by atoms with Crippen molar-refractivity contribution in [3.05, 3.63) is 42.0 Å². The number of thioether (sulfide) groups is 1. The molecule has 0 atom stereocenters. The minimum absolute atomic E-state index is 0.305. The highest BCUT2D eigenvalue weighted by atomic mass is 32.2. The van der Waals surface area contributed by atoms with Gasteiger partial charge in [0.05, 0.1) is 5.69 Å². The van der Waals surface area contributed by atoms with Gasteiger partial charge in [0.15, 0.2) is 0 Å². The van der Waals surface area contributed by atoms with E-state index in [2.05, 4.69) is 18.9 Å². The van der Waals surface area contributed by atoms with Crippen molar-refractivity contribution < 1.29 is 4.39 Å². The van der Waals surface area contributed by atoms with Crippen LogP contribution in [0, 0.1) is 5.82 Å². The Bertz CT molecular complexity index is 537. The van der Waals surface area contributed by atoms with Crippen molar-refractivity contribution in [1.82, 2.24) is 9.78 Å². The van der Waals surface area contributed by atoms with Gasteiger partial charge < -0.3 is 5.73 Å². The molecular formula is C13H16FN3S. The number of benzene rings is 1. The van der Waals surface area contributed by atoms with Crippen LogP contribution in [0.1, 0.15) is 25.6 Å². The van der Waals surface area contributed by atoms with E-state index in [0.717, 1.165) is 16.3 Å². The summed E-state index contributed by atoms with van der Waals surface area (Å²) in [5.74, 6) is 0.427. The SMILES string of the molecule is CC(C)n1ccc(CSc2ccc(F)cc2N)n1. The average Bonchev–Trinajstić information content (AvgIpc) is 2.76. The molecule has 0 saturated heterocycles. The standard InChI is InChI=1S/C13H16FN3S/c1-9(2)17-6-5-11(16-17)8-18-13-4-3-10(14)7-12(13)15/h3-7,9H,8,15H2,1-2H3. The van der Waals surface area contributed by atoms with Crippen LogP contribution in [0.3, 0.4) is 0 Å². The molecule has 5 heteroatoms. The number of hydrogen-bond donors (Lipinski definition) is 1. The summed E-state index contributed by atoms with van der Waals surface area (Å²) in [6.45, 7) is 4.17. The minimum Gasteiger partial charge on any atom is -0.398 e. The Morgan fingerprint density at radius 1 is 1.39 bits per heavy atom. The van der Waals surface area contributed by atoms with Crippen LogP contribution in [0.5, 0.6) is 0 Å². The number of nitrogens with zero attached hydrogens (tertiary/aromatic N) is 2. The third-order valence-corrected chi connectivity index (χ3v) is 3.66. The van der Waals surface area contributed by atoms with Gasteiger partial charge in [0.25, 0.3) is 0 Å². The lowest BCUT2D eigenvalue weighted by atomic mass is 10.3. The third-order valence-electron chi connectivity index (χ3n) is 2.54. The molecule has 2 aromatic rings. The second kappa shape index (κ2) is 5.44. The molecule has 1 aromatic heterocycles.